The highest BCUT2D eigenvalue weighted by atomic mass is 16.5. The van der Waals surface area contributed by atoms with Gasteiger partial charge in [0.25, 0.3) is 0 Å². The first-order valence-corrected chi connectivity index (χ1v) is 6.10. The van der Waals surface area contributed by atoms with Gasteiger partial charge in [-0.05, 0) is 37.5 Å². The molecule has 0 radical (unpaired) electrons. The lowest BCUT2D eigenvalue weighted by atomic mass is 10.0. The minimum Gasteiger partial charge on any atom is -0.495 e. The highest BCUT2D eigenvalue weighted by Crippen LogP contribution is 2.34. The van der Waals surface area contributed by atoms with Crippen molar-refractivity contribution in [3.8, 4) is 11.8 Å². The smallest absolute Gasteiger partial charge is 0.143 e. The lowest BCUT2D eigenvalue weighted by Crippen LogP contribution is -1.94. The largest absolute Gasteiger partial charge is 0.495 e. The van der Waals surface area contributed by atoms with Crippen LogP contribution in [0.25, 0.3) is 10.9 Å². The van der Waals surface area contributed by atoms with Crippen LogP contribution < -0.4 is 4.74 Å². The van der Waals surface area contributed by atoms with Crippen molar-refractivity contribution < 1.29 is 4.74 Å². The molecule has 2 aromatic rings. The predicted molar refractivity (Wildman–Crippen MR) is 72.9 cm³/mol. The van der Waals surface area contributed by atoms with Crippen LogP contribution in [0.15, 0.2) is 12.1 Å². The second-order valence-corrected chi connectivity index (χ2v) is 4.59. The Bertz CT molecular complexity index is 632. The fraction of sp³-hybridized carbons (Fsp3) is 0.400. The number of aromatic nitrogens is 1. The summed E-state index contributed by atoms with van der Waals surface area (Å²) in [4.78, 5) is 0. The van der Waals surface area contributed by atoms with E-state index in [-0.39, 0.29) is 0 Å². The highest BCUT2D eigenvalue weighted by molar-refractivity contribution is 5.93. The molecule has 1 aromatic carbocycles. The summed E-state index contributed by atoms with van der Waals surface area (Å²) >= 11 is 0. The van der Waals surface area contributed by atoms with E-state index in [9.17, 15) is 0 Å². The summed E-state index contributed by atoms with van der Waals surface area (Å²) in [7, 11) is 3.75. The minimum atomic E-state index is 0.552. The number of nitriles is 1. The van der Waals surface area contributed by atoms with E-state index in [4.69, 9.17) is 10.00 Å². The molecule has 0 saturated carbocycles. The van der Waals surface area contributed by atoms with Crippen molar-refractivity contribution in [3.05, 3.63) is 29.0 Å². The molecule has 0 unspecified atom stereocenters. The number of rotatable bonds is 3. The van der Waals surface area contributed by atoms with Gasteiger partial charge in [-0.1, -0.05) is 6.07 Å². The summed E-state index contributed by atoms with van der Waals surface area (Å²) in [6.45, 7) is 4.21. The first-order valence-electron chi connectivity index (χ1n) is 6.10. The van der Waals surface area contributed by atoms with Gasteiger partial charge in [-0.15, -0.1) is 0 Å². The number of fused-ring (bicyclic) bond motifs is 1. The van der Waals surface area contributed by atoms with E-state index in [1.54, 1.807) is 7.11 Å². The standard InChI is InChI=1S/C15H18N2O/c1-10-7-8-13(18-4)15-14(10)12(6-5-9-16)11(2)17(15)3/h7-8H,5-6H2,1-4H3. The average molecular weight is 242 g/mol. The highest BCUT2D eigenvalue weighted by Gasteiger charge is 2.16. The van der Waals surface area contributed by atoms with Gasteiger partial charge in [0.2, 0.25) is 0 Å². The summed E-state index contributed by atoms with van der Waals surface area (Å²) in [6.07, 6.45) is 1.35. The average Bonchev–Trinajstić information content (AvgIpc) is 2.62. The van der Waals surface area contributed by atoms with Gasteiger partial charge >= 0.3 is 0 Å². The maximum atomic E-state index is 8.79. The molecule has 2 rings (SSSR count). The van der Waals surface area contributed by atoms with Crippen molar-refractivity contribution in [2.24, 2.45) is 7.05 Å². The van der Waals surface area contributed by atoms with E-state index in [0.717, 1.165) is 17.7 Å². The van der Waals surface area contributed by atoms with Crippen molar-refractivity contribution >= 4 is 10.9 Å². The molecular weight excluding hydrogens is 224 g/mol. The van der Waals surface area contributed by atoms with E-state index in [0.29, 0.717) is 6.42 Å². The van der Waals surface area contributed by atoms with Crippen LogP contribution in [-0.4, -0.2) is 11.7 Å². The van der Waals surface area contributed by atoms with Gasteiger partial charge in [0.1, 0.15) is 5.75 Å². The predicted octanol–water partition coefficient (Wildman–Crippen LogP) is 3.26. The second-order valence-electron chi connectivity index (χ2n) is 4.59. The van der Waals surface area contributed by atoms with Gasteiger partial charge in [-0.2, -0.15) is 5.26 Å². The molecule has 0 aliphatic carbocycles. The number of benzene rings is 1. The molecule has 0 saturated heterocycles. The van der Waals surface area contributed by atoms with Crippen LogP contribution in [0.3, 0.4) is 0 Å². The summed E-state index contributed by atoms with van der Waals surface area (Å²) in [5, 5.41) is 10.0. The van der Waals surface area contributed by atoms with Gasteiger partial charge in [0.15, 0.2) is 0 Å². The Hall–Kier alpha value is -1.95. The Balaban J connectivity index is 2.79. The number of hydrogen-bond acceptors (Lipinski definition) is 2. The van der Waals surface area contributed by atoms with Gasteiger partial charge in [0.05, 0.1) is 18.7 Å². The molecule has 3 nitrogen and oxygen atoms in total. The summed E-state index contributed by atoms with van der Waals surface area (Å²) in [6, 6.07) is 6.31. The molecule has 18 heavy (non-hydrogen) atoms. The third kappa shape index (κ3) is 1.74. The lowest BCUT2D eigenvalue weighted by molar-refractivity contribution is 0.417. The van der Waals surface area contributed by atoms with E-state index in [1.165, 1.54) is 22.2 Å². The van der Waals surface area contributed by atoms with Crippen LogP contribution in [0.1, 0.15) is 23.2 Å². The van der Waals surface area contributed by atoms with Gasteiger partial charge in [0, 0.05) is 24.5 Å². The maximum Gasteiger partial charge on any atom is 0.143 e. The third-order valence-electron chi connectivity index (χ3n) is 3.63. The van der Waals surface area contributed by atoms with Crippen molar-refractivity contribution in [3.63, 3.8) is 0 Å². The third-order valence-corrected chi connectivity index (χ3v) is 3.63. The topological polar surface area (TPSA) is 37.9 Å². The zero-order chi connectivity index (χ0) is 13.3. The van der Waals surface area contributed by atoms with Gasteiger partial charge < -0.3 is 9.30 Å². The quantitative estimate of drug-likeness (QED) is 0.828. The van der Waals surface area contributed by atoms with Crippen molar-refractivity contribution in [2.45, 2.75) is 26.7 Å². The van der Waals surface area contributed by atoms with E-state index in [1.807, 2.05) is 6.07 Å². The van der Waals surface area contributed by atoms with Crippen LogP contribution in [-0.2, 0) is 13.5 Å². The molecule has 3 heteroatoms. The van der Waals surface area contributed by atoms with E-state index in [2.05, 4.69) is 37.6 Å². The summed E-state index contributed by atoms with van der Waals surface area (Å²) in [5.74, 6) is 0.893. The number of nitrogens with zero attached hydrogens (tertiary/aromatic N) is 2. The lowest BCUT2D eigenvalue weighted by Gasteiger charge is -2.07. The van der Waals surface area contributed by atoms with Crippen LogP contribution in [0.4, 0.5) is 0 Å². The molecule has 1 aromatic heterocycles. The molecule has 0 bridgehead atoms. The normalized spacial score (nSPS) is 10.6. The fourth-order valence-corrected chi connectivity index (χ4v) is 2.59. The van der Waals surface area contributed by atoms with Crippen molar-refractivity contribution in [1.82, 2.24) is 4.57 Å². The Morgan fingerprint density at radius 3 is 2.67 bits per heavy atom. The van der Waals surface area contributed by atoms with Gasteiger partial charge in [-0.25, -0.2) is 0 Å². The monoisotopic (exact) mass is 242 g/mol. The van der Waals surface area contributed by atoms with Crippen LogP contribution in [0, 0.1) is 25.2 Å². The van der Waals surface area contributed by atoms with Crippen LogP contribution in [0.5, 0.6) is 5.75 Å². The Morgan fingerprint density at radius 1 is 1.33 bits per heavy atom. The maximum absolute atomic E-state index is 8.79. The number of hydrogen-bond donors (Lipinski definition) is 0. The molecule has 0 aliphatic heterocycles. The Morgan fingerprint density at radius 2 is 2.06 bits per heavy atom. The number of aryl methyl sites for hydroxylation is 3. The summed E-state index contributed by atoms with van der Waals surface area (Å²) < 4.78 is 7.61. The molecule has 0 N–H and O–H groups in total. The SMILES string of the molecule is COc1ccc(C)c2c(CCC#N)c(C)n(C)c12. The zero-order valence-corrected chi connectivity index (χ0v) is 11.4. The zero-order valence-electron chi connectivity index (χ0n) is 11.4. The molecular formula is C15H18N2O. The van der Waals surface area contributed by atoms with Crippen molar-refractivity contribution in [1.29, 1.82) is 5.26 Å². The molecule has 0 aliphatic rings. The van der Waals surface area contributed by atoms with Crippen LogP contribution >= 0.6 is 0 Å². The van der Waals surface area contributed by atoms with Gasteiger partial charge in [-0.3, -0.25) is 0 Å². The molecule has 1 heterocycles. The number of methoxy groups -OCH3 is 1. The second kappa shape index (κ2) is 4.73. The van der Waals surface area contributed by atoms with Crippen molar-refractivity contribution in [2.75, 3.05) is 7.11 Å². The first-order chi connectivity index (χ1) is 8.61. The van der Waals surface area contributed by atoms with E-state index < -0.39 is 0 Å². The minimum absolute atomic E-state index is 0.552. The molecule has 0 fully saturated rings. The molecule has 94 valence electrons. The molecule has 0 atom stereocenters. The van der Waals surface area contributed by atoms with E-state index >= 15 is 0 Å². The summed E-state index contributed by atoms with van der Waals surface area (Å²) in [5.41, 5.74) is 4.85. The number of ether oxygens (including phenoxy) is 1. The van der Waals surface area contributed by atoms with Crippen LogP contribution in [0.2, 0.25) is 0 Å². The Labute approximate surface area is 108 Å². The fourth-order valence-electron chi connectivity index (χ4n) is 2.59. The molecule has 0 spiro atoms. The first kappa shape index (κ1) is 12.5. The molecule has 0 amide bonds. The Kier molecular flexibility index (Phi) is 3.29.